The maximum absolute atomic E-state index is 12.3. The van der Waals surface area contributed by atoms with Gasteiger partial charge < -0.3 is 29.2 Å². The van der Waals surface area contributed by atoms with Crippen molar-refractivity contribution in [1.82, 2.24) is 29.6 Å². The molecule has 302 valence electrons. The lowest BCUT2D eigenvalue weighted by molar-refractivity contribution is 0.131. The zero-order valence-corrected chi connectivity index (χ0v) is 34.7. The van der Waals surface area contributed by atoms with Crippen LogP contribution in [0, 0.1) is 0 Å². The molecule has 2 amide bonds. The summed E-state index contributed by atoms with van der Waals surface area (Å²) in [6.07, 6.45) is 5.73. The Balaban J connectivity index is 1.29. The van der Waals surface area contributed by atoms with Gasteiger partial charge in [0.1, 0.15) is 16.8 Å². The van der Waals surface area contributed by atoms with Crippen molar-refractivity contribution in [3.63, 3.8) is 0 Å². The van der Waals surface area contributed by atoms with Crippen LogP contribution in [0.3, 0.4) is 0 Å². The third-order valence-electron chi connectivity index (χ3n) is 10.8. The Labute approximate surface area is 335 Å². The number of piperidine rings is 1. The standard InChI is InChI=1S/C42H54N8O6Si/c1-7-14-31(21-24-56-57(42(2,3)4,32-15-10-8-11-16-32)33-17-12-9-13-18-33)45-38-37-35(46-39(47-38)48-40(51)55-6)27-44-50(37)28-30-26-43-34(25-36(30)54-5)29-19-22-49(23-20-29)41(52)53/h8-13,15-18,25-27,29,31H,7,14,19-24,28H2,1-6H3,(H,52,53)(H2,45,46,47,48,51). The van der Waals surface area contributed by atoms with Crippen LogP contribution in [-0.4, -0.2) is 95.2 Å². The minimum Gasteiger partial charge on any atom is -0.496 e. The van der Waals surface area contributed by atoms with Crippen molar-refractivity contribution in [2.24, 2.45) is 0 Å². The van der Waals surface area contributed by atoms with E-state index < -0.39 is 20.5 Å². The summed E-state index contributed by atoms with van der Waals surface area (Å²) < 4.78 is 19.8. The van der Waals surface area contributed by atoms with Crippen molar-refractivity contribution in [3.8, 4) is 5.75 Å². The molecule has 1 aliphatic rings. The molecular formula is C42H54N8O6Si. The molecule has 1 unspecified atom stereocenters. The fourth-order valence-electron chi connectivity index (χ4n) is 7.90. The van der Waals surface area contributed by atoms with Crippen molar-refractivity contribution in [2.45, 2.75) is 83.3 Å². The molecule has 5 aromatic rings. The number of hydrogen-bond donors (Lipinski definition) is 3. The van der Waals surface area contributed by atoms with Crippen LogP contribution in [0.1, 0.15) is 77.0 Å². The molecule has 1 saturated heterocycles. The number of rotatable bonds is 15. The van der Waals surface area contributed by atoms with Crippen LogP contribution < -0.4 is 25.7 Å². The predicted octanol–water partition coefficient (Wildman–Crippen LogP) is 6.86. The number of fused-ring (bicyclic) bond motifs is 1. The van der Waals surface area contributed by atoms with E-state index in [-0.39, 0.29) is 22.9 Å². The van der Waals surface area contributed by atoms with E-state index in [1.54, 1.807) is 19.5 Å². The number of carbonyl (C=O) groups excluding carboxylic acids is 1. The van der Waals surface area contributed by atoms with Gasteiger partial charge in [0, 0.05) is 55.2 Å². The highest BCUT2D eigenvalue weighted by atomic mass is 28.4. The molecule has 14 nitrogen and oxygen atoms in total. The molecule has 1 atom stereocenters. The van der Waals surface area contributed by atoms with E-state index in [9.17, 15) is 14.7 Å². The van der Waals surface area contributed by atoms with Gasteiger partial charge in [0.05, 0.1) is 27.0 Å². The molecule has 0 spiro atoms. The zero-order valence-electron chi connectivity index (χ0n) is 33.7. The van der Waals surface area contributed by atoms with E-state index in [4.69, 9.17) is 29.0 Å². The molecule has 2 aromatic carbocycles. The van der Waals surface area contributed by atoms with Gasteiger partial charge in [-0.15, -0.1) is 0 Å². The second-order valence-electron chi connectivity index (χ2n) is 15.4. The van der Waals surface area contributed by atoms with Crippen LogP contribution in [0.25, 0.3) is 11.0 Å². The highest BCUT2D eigenvalue weighted by Crippen LogP contribution is 2.37. The Kier molecular flexibility index (Phi) is 13.1. The van der Waals surface area contributed by atoms with E-state index in [0.717, 1.165) is 24.1 Å². The number of ether oxygens (including phenoxy) is 2. The minimum absolute atomic E-state index is 0.0383. The summed E-state index contributed by atoms with van der Waals surface area (Å²) in [4.78, 5) is 39.4. The number of nitrogens with zero attached hydrogens (tertiary/aromatic N) is 6. The summed E-state index contributed by atoms with van der Waals surface area (Å²) in [7, 11) is 0.166. The molecule has 4 heterocycles. The summed E-state index contributed by atoms with van der Waals surface area (Å²) >= 11 is 0. The number of anilines is 2. The first kappa shape index (κ1) is 41.1. The van der Waals surface area contributed by atoms with Crippen LogP contribution in [-0.2, 0) is 15.7 Å². The number of amides is 2. The molecule has 1 aliphatic heterocycles. The number of benzene rings is 2. The lowest BCUT2D eigenvalue weighted by Crippen LogP contribution is -2.66. The lowest BCUT2D eigenvalue weighted by atomic mass is 9.93. The first-order valence-electron chi connectivity index (χ1n) is 19.6. The molecule has 0 bridgehead atoms. The van der Waals surface area contributed by atoms with Crippen molar-refractivity contribution in [3.05, 3.63) is 90.4 Å². The topological polar surface area (TPSA) is 166 Å². The first-order chi connectivity index (χ1) is 27.5. The van der Waals surface area contributed by atoms with Gasteiger partial charge in [-0.1, -0.05) is 94.8 Å². The molecule has 0 radical (unpaired) electrons. The van der Waals surface area contributed by atoms with E-state index >= 15 is 0 Å². The molecule has 3 N–H and O–H groups in total. The van der Waals surface area contributed by atoms with Gasteiger partial charge in [0.15, 0.2) is 5.82 Å². The SMILES string of the molecule is CCCC(CCO[Si](c1ccccc1)(c1ccccc1)C(C)(C)C)Nc1nc(NC(=O)OC)nc2cnn(Cc3cnc(C4CCN(C(=O)O)CC4)cc3OC)c12. The van der Waals surface area contributed by atoms with Crippen LogP contribution in [0.4, 0.5) is 21.4 Å². The average Bonchev–Trinajstić information content (AvgIpc) is 3.62. The smallest absolute Gasteiger partial charge is 0.413 e. The number of methoxy groups -OCH3 is 2. The number of pyridine rings is 1. The molecule has 0 saturated carbocycles. The highest BCUT2D eigenvalue weighted by molar-refractivity contribution is 6.99. The molecule has 6 rings (SSSR count). The second kappa shape index (κ2) is 18.2. The first-order valence-corrected chi connectivity index (χ1v) is 21.5. The van der Waals surface area contributed by atoms with E-state index in [1.165, 1.54) is 22.4 Å². The van der Waals surface area contributed by atoms with Crippen LogP contribution >= 0.6 is 0 Å². The Hall–Kier alpha value is -5.54. The number of aromatic nitrogens is 5. The normalized spacial score (nSPS) is 14.3. The quantitative estimate of drug-likeness (QED) is 0.0948. The molecule has 15 heteroatoms. The number of hydrogen-bond acceptors (Lipinski definition) is 10. The summed E-state index contributed by atoms with van der Waals surface area (Å²) in [6, 6.07) is 23.2. The van der Waals surface area contributed by atoms with Gasteiger partial charge >= 0.3 is 12.2 Å². The Morgan fingerprint density at radius 1 is 0.965 bits per heavy atom. The fourth-order valence-corrected chi connectivity index (χ4v) is 12.5. The third-order valence-corrected chi connectivity index (χ3v) is 15.8. The maximum Gasteiger partial charge on any atom is 0.413 e. The second-order valence-corrected chi connectivity index (χ2v) is 19.7. The van der Waals surface area contributed by atoms with Gasteiger partial charge in [-0.3, -0.25) is 15.0 Å². The van der Waals surface area contributed by atoms with Crippen LogP contribution in [0.15, 0.2) is 79.1 Å². The van der Waals surface area contributed by atoms with Crippen molar-refractivity contribution in [2.75, 3.05) is 44.5 Å². The van der Waals surface area contributed by atoms with Crippen LogP contribution in [0.2, 0.25) is 5.04 Å². The van der Waals surface area contributed by atoms with Gasteiger partial charge in [0.2, 0.25) is 5.95 Å². The van der Waals surface area contributed by atoms with Gasteiger partial charge in [0.25, 0.3) is 8.32 Å². The zero-order chi connectivity index (χ0) is 40.6. The molecule has 57 heavy (non-hydrogen) atoms. The van der Waals surface area contributed by atoms with Crippen LogP contribution in [0.5, 0.6) is 5.75 Å². The predicted molar refractivity (Wildman–Crippen MR) is 223 cm³/mol. The largest absolute Gasteiger partial charge is 0.496 e. The summed E-state index contributed by atoms with van der Waals surface area (Å²) in [5.41, 5.74) is 2.87. The van der Waals surface area contributed by atoms with E-state index in [1.807, 2.05) is 22.9 Å². The number of carboxylic acid groups (broad SMARTS) is 1. The highest BCUT2D eigenvalue weighted by Gasteiger charge is 2.50. The van der Waals surface area contributed by atoms with Crippen molar-refractivity contribution >= 4 is 53.7 Å². The number of likely N-dealkylation sites (tertiary alicyclic amines) is 1. The van der Waals surface area contributed by atoms with Gasteiger partial charge in [-0.05, 0) is 41.1 Å². The average molecular weight is 795 g/mol. The third kappa shape index (κ3) is 9.20. The molecule has 3 aromatic heterocycles. The molecule has 0 aliphatic carbocycles. The summed E-state index contributed by atoms with van der Waals surface area (Å²) in [5.74, 6) is 1.40. The molecule has 1 fully saturated rings. The van der Waals surface area contributed by atoms with E-state index in [0.29, 0.717) is 68.1 Å². The minimum atomic E-state index is -2.75. The van der Waals surface area contributed by atoms with E-state index in [2.05, 4.69) is 91.8 Å². The Morgan fingerprint density at radius 3 is 2.21 bits per heavy atom. The lowest BCUT2D eigenvalue weighted by Gasteiger charge is -2.43. The van der Waals surface area contributed by atoms with Gasteiger partial charge in [-0.25, -0.2) is 14.6 Å². The van der Waals surface area contributed by atoms with Crippen molar-refractivity contribution in [1.29, 1.82) is 0 Å². The maximum atomic E-state index is 12.3. The Bertz CT molecular complexity index is 2080. The fraction of sp³-hybridized carbons (Fsp3) is 0.429. The van der Waals surface area contributed by atoms with Crippen molar-refractivity contribution < 1.29 is 28.6 Å². The summed E-state index contributed by atoms with van der Waals surface area (Å²) in [6.45, 7) is 10.7. The monoisotopic (exact) mass is 794 g/mol. The van der Waals surface area contributed by atoms with Gasteiger partial charge in [-0.2, -0.15) is 10.1 Å². The summed E-state index contributed by atoms with van der Waals surface area (Å²) in [5, 5.41) is 22.7. The molecular weight excluding hydrogens is 741 g/mol. The Morgan fingerprint density at radius 2 is 1.63 bits per heavy atom. The number of nitrogens with one attached hydrogen (secondary N) is 2. The number of carbonyl (C=O) groups is 2.